The molecule has 1 aliphatic carbocycles. The van der Waals surface area contributed by atoms with Crippen LogP contribution in [0.4, 0.5) is 8.78 Å². The first-order chi connectivity index (χ1) is 13.7. The molecule has 4 aromatic rings. The van der Waals surface area contributed by atoms with Crippen LogP contribution >= 0.6 is 11.3 Å². The molecule has 0 fully saturated rings. The number of thiazole rings is 1. The van der Waals surface area contributed by atoms with Gasteiger partial charge in [0.05, 0.1) is 0 Å². The van der Waals surface area contributed by atoms with Crippen LogP contribution in [-0.2, 0) is 11.8 Å². The molecule has 0 saturated carbocycles. The fraction of sp³-hybridized carbons (Fsp3) is 0.0909. The van der Waals surface area contributed by atoms with Crippen molar-refractivity contribution in [3.63, 3.8) is 0 Å². The largest absolute Gasteiger partial charge is 0.281 e. The van der Waals surface area contributed by atoms with E-state index in [1.54, 1.807) is 18.3 Å². The van der Waals surface area contributed by atoms with Crippen LogP contribution in [-0.4, -0.2) is 15.2 Å². The lowest BCUT2D eigenvalue weighted by atomic mass is 9.68. The minimum Gasteiger partial charge on any atom is -0.281 e. The van der Waals surface area contributed by atoms with Crippen LogP contribution in [0.25, 0.3) is 16.8 Å². The van der Waals surface area contributed by atoms with Gasteiger partial charge in [0, 0.05) is 34.7 Å². The Balaban J connectivity index is 1.69. The molecule has 0 radical (unpaired) electrons. The molecule has 0 unspecified atom stereocenters. The van der Waals surface area contributed by atoms with E-state index < -0.39 is 5.41 Å². The Morgan fingerprint density at radius 3 is 2.32 bits per heavy atom. The zero-order valence-electron chi connectivity index (χ0n) is 14.7. The minimum atomic E-state index is -0.691. The van der Waals surface area contributed by atoms with Gasteiger partial charge in [-0.15, -0.1) is 11.3 Å². The van der Waals surface area contributed by atoms with E-state index in [1.165, 1.54) is 35.6 Å². The maximum Gasteiger partial charge on any atom is 0.144 e. The van der Waals surface area contributed by atoms with Crippen LogP contribution in [0.5, 0.6) is 0 Å². The first-order valence-electron chi connectivity index (χ1n) is 8.84. The van der Waals surface area contributed by atoms with Gasteiger partial charge in [-0.05, 0) is 35.4 Å². The topological polar surface area (TPSA) is 41.6 Å². The van der Waals surface area contributed by atoms with E-state index in [-0.39, 0.29) is 11.6 Å². The molecule has 0 aliphatic heterocycles. The fourth-order valence-electron chi connectivity index (χ4n) is 3.86. The third-order valence-corrected chi connectivity index (χ3v) is 5.97. The third kappa shape index (κ3) is 2.68. The van der Waals surface area contributed by atoms with Crippen LogP contribution in [0, 0.1) is 11.6 Å². The standard InChI is InChI=1S/C22H15F2N3S/c23-16-5-1-3-14(11-16)22(15-4-2-6-17(24)12-15)8-7-18-19(13-22)26-27-20(18)21-25-9-10-28-21/h1-12H,13H2,(H,26,27). The first-order valence-corrected chi connectivity index (χ1v) is 9.72. The van der Waals surface area contributed by atoms with Gasteiger partial charge in [-0.1, -0.05) is 36.4 Å². The van der Waals surface area contributed by atoms with Crippen LogP contribution in [0.1, 0.15) is 22.4 Å². The van der Waals surface area contributed by atoms with E-state index in [0.717, 1.165) is 33.1 Å². The molecule has 5 rings (SSSR count). The van der Waals surface area contributed by atoms with Crippen LogP contribution in [0.15, 0.2) is 66.2 Å². The summed E-state index contributed by atoms with van der Waals surface area (Å²) in [5.74, 6) is -0.638. The molecule has 0 amide bonds. The summed E-state index contributed by atoms with van der Waals surface area (Å²) >= 11 is 1.52. The van der Waals surface area contributed by atoms with Crippen molar-refractivity contribution in [1.29, 1.82) is 0 Å². The van der Waals surface area contributed by atoms with Crippen molar-refractivity contribution in [3.8, 4) is 10.7 Å². The molecule has 1 aliphatic rings. The van der Waals surface area contributed by atoms with Gasteiger partial charge in [0.1, 0.15) is 22.3 Å². The van der Waals surface area contributed by atoms with E-state index in [0.29, 0.717) is 6.42 Å². The van der Waals surface area contributed by atoms with Gasteiger partial charge >= 0.3 is 0 Å². The van der Waals surface area contributed by atoms with Crippen molar-refractivity contribution in [1.82, 2.24) is 15.2 Å². The number of rotatable bonds is 3. The number of aromatic nitrogens is 3. The Hall–Kier alpha value is -3.12. The zero-order chi connectivity index (χ0) is 19.1. The monoisotopic (exact) mass is 391 g/mol. The van der Waals surface area contributed by atoms with Crippen molar-refractivity contribution in [2.24, 2.45) is 0 Å². The smallest absolute Gasteiger partial charge is 0.144 e. The lowest BCUT2D eigenvalue weighted by Gasteiger charge is -2.34. The number of nitrogens with zero attached hydrogens (tertiary/aromatic N) is 2. The van der Waals surface area contributed by atoms with Crippen molar-refractivity contribution >= 4 is 17.4 Å². The highest BCUT2D eigenvalue weighted by Gasteiger charge is 2.37. The normalized spacial score (nSPS) is 14.8. The van der Waals surface area contributed by atoms with E-state index in [1.807, 2.05) is 29.7 Å². The van der Waals surface area contributed by atoms with Crippen molar-refractivity contribution in [2.75, 3.05) is 0 Å². The Morgan fingerprint density at radius 2 is 1.71 bits per heavy atom. The van der Waals surface area contributed by atoms with Gasteiger partial charge in [-0.2, -0.15) is 5.10 Å². The molecule has 0 atom stereocenters. The molecule has 1 N–H and O–H groups in total. The molecule has 0 saturated heterocycles. The second kappa shape index (κ2) is 6.49. The Kier molecular flexibility index (Phi) is 3.94. The van der Waals surface area contributed by atoms with Gasteiger partial charge in [-0.25, -0.2) is 13.8 Å². The molecule has 6 heteroatoms. The number of halogens is 2. The summed E-state index contributed by atoms with van der Waals surface area (Å²) in [5, 5.41) is 10.3. The van der Waals surface area contributed by atoms with Gasteiger partial charge in [0.15, 0.2) is 0 Å². The molecule has 28 heavy (non-hydrogen) atoms. The lowest BCUT2D eigenvalue weighted by molar-refractivity contribution is 0.582. The highest BCUT2D eigenvalue weighted by atomic mass is 32.1. The molecule has 3 nitrogen and oxygen atoms in total. The molecule has 0 bridgehead atoms. The summed E-state index contributed by atoms with van der Waals surface area (Å²) in [5.41, 5.74) is 3.54. The van der Waals surface area contributed by atoms with Gasteiger partial charge in [0.25, 0.3) is 0 Å². The second-order valence-electron chi connectivity index (χ2n) is 6.80. The summed E-state index contributed by atoms with van der Waals surface area (Å²) in [6, 6.07) is 13.0. The molecule has 2 heterocycles. The van der Waals surface area contributed by atoms with Crippen molar-refractivity contribution in [2.45, 2.75) is 11.8 Å². The number of hydrogen-bond donors (Lipinski definition) is 1. The highest BCUT2D eigenvalue weighted by Crippen LogP contribution is 2.43. The molecule has 2 aromatic heterocycles. The zero-order valence-corrected chi connectivity index (χ0v) is 15.5. The van der Waals surface area contributed by atoms with E-state index in [2.05, 4.69) is 15.2 Å². The number of H-pyrrole nitrogens is 1. The van der Waals surface area contributed by atoms with E-state index in [9.17, 15) is 8.78 Å². The third-order valence-electron chi connectivity index (χ3n) is 5.19. The maximum absolute atomic E-state index is 14.0. The average molecular weight is 391 g/mol. The molecule has 138 valence electrons. The van der Waals surface area contributed by atoms with Crippen LogP contribution < -0.4 is 0 Å². The predicted molar refractivity (Wildman–Crippen MR) is 106 cm³/mol. The first kappa shape index (κ1) is 17.0. The summed E-state index contributed by atoms with van der Waals surface area (Å²) in [6.45, 7) is 0. The average Bonchev–Trinajstić information content (AvgIpc) is 3.37. The Labute approximate surface area is 164 Å². The SMILES string of the molecule is Fc1cccc(C2(c3cccc(F)c3)C=Cc3c(-c4nccs4)n[nH]c3C2)c1. The summed E-state index contributed by atoms with van der Waals surface area (Å²) < 4.78 is 28.1. The number of aromatic amines is 1. The Morgan fingerprint density at radius 1 is 1.00 bits per heavy atom. The van der Waals surface area contributed by atoms with Gasteiger partial charge in [0.2, 0.25) is 0 Å². The molecule has 2 aromatic carbocycles. The van der Waals surface area contributed by atoms with Crippen molar-refractivity contribution < 1.29 is 8.78 Å². The van der Waals surface area contributed by atoms with Gasteiger partial charge < -0.3 is 0 Å². The number of fused-ring (bicyclic) bond motifs is 1. The number of benzene rings is 2. The summed E-state index contributed by atoms with van der Waals surface area (Å²) in [6.07, 6.45) is 6.27. The highest BCUT2D eigenvalue weighted by molar-refractivity contribution is 7.13. The number of allylic oxidation sites excluding steroid dienone is 1. The second-order valence-corrected chi connectivity index (χ2v) is 7.70. The fourth-order valence-corrected chi connectivity index (χ4v) is 4.50. The lowest BCUT2D eigenvalue weighted by Crippen LogP contribution is -2.30. The molecule has 0 spiro atoms. The minimum absolute atomic E-state index is 0.319. The maximum atomic E-state index is 14.0. The van der Waals surface area contributed by atoms with E-state index >= 15 is 0 Å². The summed E-state index contributed by atoms with van der Waals surface area (Å²) in [7, 11) is 0. The van der Waals surface area contributed by atoms with E-state index in [4.69, 9.17) is 0 Å². The molecular weight excluding hydrogens is 376 g/mol. The molecular formula is C22H15F2N3S. The summed E-state index contributed by atoms with van der Waals surface area (Å²) in [4.78, 5) is 4.35. The van der Waals surface area contributed by atoms with Gasteiger partial charge in [-0.3, -0.25) is 5.10 Å². The Bertz CT molecular complexity index is 1130. The number of nitrogens with one attached hydrogen (secondary N) is 1. The number of hydrogen-bond acceptors (Lipinski definition) is 3. The van der Waals surface area contributed by atoms with Crippen molar-refractivity contribution in [3.05, 3.63) is 100 Å². The van der Waals surface area contributed by atoms with Crippen LogP contribution in [0.3, 0.4) is 0 Å². The quantitative estimate of drug-likeness (QED) is 0.510. The van der Waals surface area contributed by atoms with Crippen LogP contribution in [0.2, 0.25) is 0 Å². The predicted octanol–water partition coefficient (Wildman–Crippen LogP) is 5.37.